The first-order chi connectivity index (χ1) is 8.72. The zero-order valence-corrected chi connectivity index (χ0v) is 10.9. The van der Waals surface area contributed by atoms with Gasteiger partial charge in [0.05, 0.1) is 13.2 Å². The summed E-state index contributed by atoms with van der Waals surface area (Å²) >= 11 is 0. The Morgan fingerprint density at radius 1 is 1.50 bits per heavy atom. The third-order valence-electron chi connectivity index (χ3n) is 2.86. The molecule has 0 fully saturated rings. The first-order valence-electron chi connectivity index (χ1n) is 6.05. The molecular formula is C13H21N3O2. The molecule has 1 atom stereocenters. The second-order valence-corrected chi connectivity index (χ2v) is 4.00. The highest BCUT2D eigenvalue weighted by Gasteiger charge is 2.10. The lowest BCUT2D eigenvalue weighted by molar-refractivity contribution is 0.314. The van der Waals surface area contributed by atoms with Gasteiger partial charge in [-0.3, -0.25) is 0 Å². The molecule has 1 unspecified atom stereocenters. The van der Waals surface area contributed by atoms with Crippen LogP contribution in [0.15, 0.2) is 29.4 Å². The Balaban J connectivity index is 2.50. The molecule has 0 heterocycles. The second kappa shape index (κ2) is 7.55. The van der Waals surface area contributed by atoms with Crippen LogP contribution in [0.3, 0.4) is 0 Å². The van der Waals surface area contributed by atoms with Crippen molar-refractivity contribution in [3.05, 3.63) is 29.8 Å². The Hall–Kier alpha value is -1.75. The molecule has 1 rings (SSSR count). The summed E-state index contributed by atoms with van der Waals surface area (Å²) in [5, 5.41) is 14.9. The van der Waals surface area contributed by atoms with E-state index in [4.69, 9.17) is 15.7 Å². The maximum atomic E-state index is 8.64. The van der Waals surface area contributed by atoms with E-state index in [0.29, 0.717) is 0 Å². The lowest BCUT2D eigenvalue weighted by Gasteiger charge is -2.15. The molecule has 0 saturated carbocycles. The largest absolute Gasteiger partial charge is 0.496 e. The van der Waals surface area contributed by atoms with Crippen LogP contribution in [-0.4, -0.2) is 30.7 Å². The van der Waals surface area contributed by atoms with Gasteiger partial charge in [0, 0.05) is 0 Å². The van der Waals surface area contributed by atoms with Crippen molar-refractivity contribution in [3.8, 4) is 5.75 Å². The molecular weight excluding hydrogens is 230 g/mol. The fraction of sp³-hybridized carbons (Fsp3) is 0.462. The minimum absolute atomic E-state index is 0.0929. The molecule has 0 bridgehead atoms. The number of benzene rings is 1. The number of nitrogens with zero attached hydrogens (tertiary/aromatic N) is 1. The summed E-state index contributed by atoms with van der Waals surface area (Å²) in [6.45, 7) is 2.73. The van der Waals surface area contributed by atoms with Crippen molar-refractivity contribution in [2.45, 2.75) is 25.8 Å². The number of hydrogen-bond acceptors (Lipinski definition) is 4. The van der Waals surface area contributed by atoms with Crippen LogP contribution in [0.2, 0.25) is 0 Å². The summed E-state index contributed by atoms with van der Waals surface area (Å²) in [6, 6.07) is 7.81. The lowest BCUT2D eigenvalue weighted by atomic mass is 10.1. The van der Waals surface area contributed by atoms with Crippen LogP contribution in [0.25, 0.3) is 0 Å². The summed E-state index contributed by atoms with van der Waals surface area (Å²) in [7, 11) is 1.66. The van der Waals surface area contributed by atoms with Crippen molar-refractivity contribution < 1.29 is 9.94 Å². The highest BCUT2D eigenvalue weighted by molar-refractivity contribution is 5.85. The Morgan fingerprint density at radius 3 is 2.83 bits per heavy atom. The van der Waals surface area contributed by atoms with Crippen LogP contribution in [0.1, 0.15) is 18.9 Å². The molecule has 100 valence electrons. The van der Waals surface area contributed by atoms with E-state index in [2.05, 4.69) is 10.5 Å². The highest BCUT2D eigenvalue weighted by Crippen LogP contribution is 2.17. The molecule has 0 saturated heterocycles. The van der Waals surface area contributed by atoms with Crippen LogP contribution in [0, 0.1) is 0 Å². The topological polar surface area (TPSA) is 79.9 Å². The number of oxime groups is 1. The maximum Gasteiger partial charge on any atom is 0.156 e. The van der Waals surface area contributed by atoms with Gasteiger partial charge in [0.15, 0.2) is 5.84 Å². The van der Waals surface area contributed by atoms with Crippen molar-refractivity contribution in [2.75, 3.05) is 13.7 Å². The average molecular weight is 251 g/mol. The van der Waals surface area contributed by atoms with Gasteiger partial charge in [-0.1, -0.05) is 30.3 Å². The minimum Gasteiger partial charge on any atom is -0.496 e. The van der Waals surface area contributed by atoms with Gasteiger partial charge in [0.2, 0.25) is 0 Å². The maximum absolute atomic E-state index is 8.64. The number of rotatable bonds is 7. The van der Waals surface area contributed by atoms with Gasteiger partial charge in [0.25, 0.3) is 0 Å². The first kappa shape index (κ1) is 14.3. The van der Waals surface area contributed by atoms with Crippen molar-refractivity contribution in [1.29, 1.82) is 0 Å². The van der Waals surface area contributed by atoms with E-state index < -0.39 is 0 Å². The van der Waals surface area contributed by atoms with Crippen molar-refractivity contribution in [2.24, 2.45) is 10.9 Å². The van der Waals surface area contributed by atoms with E-state index in [9.17, 15) is 0 Å². The predicted octanol–water partition coefficient (Wildman–Crippen LogP) is 1.35. The average Bonchev–Trinajstić information content (AvgIpc) is 2.43. The van der Waals surface area contributed by atoms with Crippen molar-refractivity contribution >= 4 is 5.84 Å². The molecule has 0 aromatic heterocycles. The van der Waals surface area contributed by atoms with E-state index in [1.165, 1.54) is 0 Å². The fourth-order valence-electron chi connectivity index (χ4n) is 1.82. The molecule has 1 aromatic rings. The zero-order chi connectivity index (χ0) is 13.4. The highest BCUT2D eigenvalue weighted by atomic mass is 16.5. The Bertz CT molecular complexity index is 394. The van der Waals surface area contributed by atoms with E-state index in [-0.39, 0.29) is 11.9 Å². The van der Waals surface area contributed by atoms with Crippen LogP contribution in [0.4, 0.5) is 0 Å². The Labute approximate surface area is 108 Å². The molecule has 0 amide bonds. The summed E-state index contributed by atoms with van der Waals surface area (Å²) in [6.07, 6.45) is 1.61. The Kier molecular flexibility index (Phi) is 6.00. The molecule has 5 nitrogen and oxygen atoms in total. The smallest absolute Gasteiger partial charge is 0.156 e. The molecule has 4 N–H and O–H groups in total. The lowest BCUT2D eigenvalue weighted by Crippen LogP contribution is -2.41. The van der Waals surface area contributed by atoms with Gasteiger partial charge in [-0.05, 0) is 31.0 Å². The van der Waals surface area contributed by atoms with E-state index in [0.717, 1.165) is 30.7 Å². The first-order valence-corrected chi connectivity index (χ1v) is 6.05. The van der Waals surface area contributed by atoms with Crippen LogP contribution in [0.5, 0.6) is 5.75 Å². The Morgan fingerprint density at radius 2 is 2.22 bits per heavy atom. The van der Waals surface area contributed by atoms with Crippen molar-refractivity contribution in [3.63, 3.8) is 0 Å². The number of nitrogens with one attached hydrogen (secondary N) is 1. The summed E-state index contributed by atoms with van der Waals surface area (Å²) in [5.74, 6) is 1.11. The standard InChI is InChI=1S/C13H21N3O2/c1-3-11(13(14)16-17)15-9-8-10-6-4-5-7-12(10)18-2/h4-7,11,15,17H,3,8-9H2,1-2H3,(H2,14,16). The van der Waals surface area contributed by atoms with Crippen LogP contribution in [-0.2, 0) is 6.42 Å². The van der Waals surface area contributed by atoms with Gasteiger partial charge in [-0.2, -0.15) is 0 Å². The minimum atomic E-state index is -0.0929. The molecule has 0 aliphatic rings. The number of ether oxygens (including phenoxy) is 1. The van der Waals surface area contributed by atoms with Crippen LogP contribution >= 0.6 is 0 Å². The number of para-hydroxylation sites is 1. The molecule has 0 spiro atoms. The fourth-order valence-corrected chi connectivity index (χ4v) is 1.82. The number of methoxy groups -OCH3 is 1. The van der Waals surface area contributed by atoms with Crippen molar-refractivity contribution in [1.82, 2.24) is 5.32 Å². The van der Waals surface area contributed by atoms with Gasteiger partial charge in [0.1, 0.15) is 5.75 Å². The van der Waals surface area contributed by atoms with Gasteiger partial charge in [-0.15, -0.1) is 0 Å². The van der Waals surface area contributed by atoms with Gasteiger partial charge < -0.3 is 21.0 Å². The molecule has 1 aromatic carbocycles. The SMILES string of the molecule is CCC(NCCc1ccccc1OC)/C(N)=N/O. The van der Waals surface area contributed by atoms with E-state index in [1.54, 1.807) is 7.11 Å². The molecule has 18 heavy (non-hydrogen) atoms. The quantitative estimate of drug-likeness (QED) is 0.296. The number of amidine groups is 1. The summed E-state index contributed by atoms with van der Waals surface area (Å²) in [5.41, 5.74) is 6.72. The van der Waals surface area contributed by atoms with E-state index in [1.807, 2.05) is 31.2 Å². The summed E-state index contributed by atoms with van der Waals surface area (Å²) in [4.78, 5) is 0. The number of nitrogens with two attached hydrogens (primary N) is 1. The third-order valence-corrected chi connectivity index (χ3v) is 2.86. The second-order valence-electron chi connectivity index (χ2n) is 4.00. The zero-order valence-electron chi connectivity index (χ0n) is 10.9. The molecule has 0 aliphatic carbocycles. The predicted molar refractivity (Wildman–Crippen MR) is 72.2 cm³/mol. The molecule has 0 radical (unpaired) electrons. The molecule has 5 heteroatoms. The van der Waals surface area contributed by atoms with Gasteiger partial charge in [-0.25, -0.2) is 0 Å². The normalized spacial score (nSPS) is 13.3. The van der Waals surface area contributed by atoms with Crippen LogP contribution < -0.4 is 15.8 Å². The number of hydrogen-bond donors (Lipinski definition) is 3. The third kappa shape index (κ3) is 3.92. The van der Waals surface area contributed by atoms with E-state index >= 15 is 0 Å². The monoisotopic (exact) mass is 251 g/mol. The summed E-state index contributed by atoms with van der Waals surface area (Å²) < 4.78 is 5.28. The van der Waals surface area contributed by atoms with Gasteiger partial charge >= 0.3 is 0 Å². The molecule has 0 aliphatic heterocycles.